The third-order valence-corrected chi connectivity index (χ3v) is 9.08. The fourth-order valence-corrected chi connectivity index (χ4v) is 6.86. The summed E-state index contributed by atoms with van der Waals surface area (Å²) >= 11 is 0. The number of benzene rings is 1. The summed E-state index contributed by atoms with van der Waals surface area (Å²) in [5, 5.41) is 0. The molecule has 0 unspecified atom stereocenters. The van der Waals surface area contributed by atoms with Gasteiger partial charge in [0.25, 0.3) is 5.91 Å². The maximum absolute atomic E-state index is 14.6. The maximum atomic E-state index is 14.6. The molecule has 1 amide bonds. The van der Waals surface area contributed by atoms with Crippen LogP contribution < -0.4 is 14.4 Å². The number of hydrogen-bond donors (Lipinski definition) is 0. The number of carbonyl (C=O) groups is 1. The van der Waals surface area contributed by atoms with Crippen molar-refractivity contribution in [3.05, 3.63) is 65.6 Å². The lowest BCUT2D eigenvalue weighted by molar-refractivity contribution is -0.0397. The van der Waals surface area contributed by atoms with Crippen molar-refractivity contribution >= 4 is 11.7 Å². The van der Waals surface area contributed by atoms with Gasteiger partial charge >= 0.3 is 0 Å². The molecule has 0 N–H and O–H groups in total. The summed E-state index contributed by atoms with van der Waals surface area (Å²) in [4.78, 5) is 33.7. The van der Waals surface area contributed by atoms with Crippen molar-refractivity contribution in [2.45, 2.75) is 77.1 Å². The molecule has 1 aromatic carbocycles. The Morgan fingerprint density at radius 3 is 2.71 bits per heavy atom. The number of likely N-dealkylation sites (N-methyl/N-ethyl adjacent to an activating group) is 1. The van der Waals surface area contributed by atoms with Crippen LogP contribution in [0, 0.1) is 5.82 Å². The molecule has 0 spiro atoms. The number of amides is 1. The maximum Gasteiger partial charge on any atom is 0.258 e. The Bertz CT molecular complexity index is 1510. The number of halogens is 1. The number of carbonyl (C=O) groups excluding carboxylic acids is 1. The van der Waals surface area contributed by atoms with Crippen LogP contribution >= 0.6 is 0 Å². The molecule has 2 saturated heterocycles. The van der Waals surface area contributed by atoms with Gasteiger partial charge in [-0.2, -0.15) is 0 Å². The summed E-state index contributed by atoms with van der Waals surface area (Å²) in [6.45, 7) is 10.3. The fraction of sp³-hybridized carbons (Fsp3) is 0.529. The molecule has 3 aliphatic heterocycles. The predicted molar refractivity (Wildman–Crippen MR) is 168 cm³/mol. The van der Waals surface area contributed by atoms with Crippen LogP contribution in [-0.2, 0) is 17.7 Å². The number of nitrogens with zero attached hydrogens (tertiary/aromatic N) is 6. The largest absolute Gasteiger partial charge is 0.490 e. The van der Waals surface area contributed by atoms with Crippen molar-refractivity contribution in [3.63, 3.8) is 0 Å². The third-order valence-electron chi connectivity index (χ3n) is 9.08. The highest BCUT2D eigenvalue weighted by molar-refractivity contribution is 5.97. The number of fused-ring (bicyclic) bond motifs is 1. The van der Waals surface area contributed by atoms with Crippen LogP contribution in [0.25, 0.3) is 0 Å². The number of piperidine rings is 1. The minimum Gasteiger partial charge on any atom is -0.490 e. The minimum atomic E-state index is -0.508. The van der Waals surface area contributed by atoms with Crippen LogP contribution in [0.4, 0.5) is 10.2 Å². The third kappa shape index (κ3) is 6.74. The second-order valence-corrected chi connectivity index (χ2v) is 12.9. The van der Waals surface area contributed by atoms with Crippen molar-refractivity contribution in [1.82, 2.24) is 24.8 Å². The smallest absolute Gasteiger partial charge is 0.258 e. The van der Waals surface area contributed by atoms with Crippen LogP contribution in [0.15, 0.2) is 43.0 Å². The highest BCUT2D eigenvalue weighted by Gasteiger charge is 2.40. The van der Waals surface area contributed by atoms with E-state index in [0.29, 0.717) is 37.9 Å². The van der Waals surface area contributed by atoms with E-state index in [1.807, 2.05) is 33.0 Å². The summed E-state index contributed by atoms with van der Waals surface area (Å²) in [6.07, 6.45) is 9.21. The van der Waals surface area contributed by atoms with E-state index in [9.17, 15) is 9.18 Å². The quantitative estimate of drug-likeness (QED) is 0.335. The van der Waals surface area contributed by atoms with E-state index < -0.39 is 11.4 Å². The lowest BCUT2D eigenvalue weighted by Crippen LogP contribution is -2.57. The summed E-state index contributed by atoms with van der Waals surface area (Å²) in [5.74, 6) is 1.42. The zero-order valence-electron chi connectivity index (χ0n) is 26.7. The van der Waals surface area contributed by atoms with Gasteiger partial charge in [0.15, 0.2) is 11.6 Å². The number of ether oxygens (including phenoxy) is 3. The molecule has 240 valence electrons. The Hall–Kier alpha value is -3.83. The fourth-order valence-electron chi connectivity index (χ4n) is 6.86. The van der Waals surface area contributed by atoms with Gasteiger partial charge in [-0.3, -0.25) is 9.78 Å². The molecule has 0 saturated carbocycles. The second kappa shape index (κ2) is 13.3. The van der Waals surface area contributed by atoms with E-state index in [-0.39, 0.29) is 29.4 Å². The van der Waals surface area contributed by atoms with Crippen molar-refractivity contribution in [3.8, 4) is 17.2 Å². The first kappa shape index (κ1) is 31.2. The zero-order chi connectivity index (χ0) is 31.6. The van der Waals surface area contributed by atoms with Crippen molar-refractivity contribution in [1.29, 1.82) is 0 Å². The van der Waals surface area contributed by atoms with Gasteiger partial charge in [0.2, 0.25) is 0 Å². The zero-order valence-corrected chi connectivity index (χ0v) is 26.7. The molecule has 3 aromatic rings. The molecule has 0 bridgehead atoms. The number of pyridine rings is 1. The van der Waals surface area contributed by atoms with Gasteiger partial charge in [-0.05, 0) is 64.9 Å². The molecule has 0 aliphatic carbocycles. The standard InChI is InChI=1S/C34H43FN6O4/c1-23(2)41(34(3)12-5-17-43-21-34)33(42)26-18-24(35)6-7-29(26)45-31-19-36-22-38-32(31)40-15-9-25(10-16-40)44-30-8-13-37-28-11-14-39(4)20-27(28)30/h6-8,13,18-19,22-23,25H,5,9-12,14-17,20-21H2,1-4H3/t34-/m0/s1. The second-order valence-electron chi connectivity index (χ2n) is 12.9. The number of anilines is 1. The summed E-state index contributed by atoms with van der Waals surface area (Å²) in [6, 6.07) is 5.91. The molecule has 11 heteroatoms. The van der Waals surface area contributed by atoms with Crippen molar-refractivity contribution < 1.29 is 23.4 Å². The normalized spacial score (nSPS) is 21.0. The van der Waals surface area contributed by atoms with Crippen molar-refractivity contribution in [2.24, 2.45) is 0 Å². The molecule has 5 heterocycles. The van der Waals surface area contributed by atoms with E-state index in [0.717, 1.165) is 56.6 Å². The predicted octanol–water partition coefficient (Wildman–Crippen LogP) is 5.26. The van der Waals surface area contributed by atoms with E-state index >= 15 is 0 Å². The first-order valence-corrected chi connectivity index (χ1v) is 16.0. The minimum absolute atomic E-state index is 0.0691. The van der Waals surface area contributed by atoms with Crippen LogP contribution in [0.1, 0.15) is 68.1 Å². The molecule has 3 aliphatic rings. The van der Waals surface area contributed by atoms with Gasteiger partial charge in [-0.25, -0.2) is 14.4 Å². The average molecular weight is 619 g/mol. The van der Waals surface area contributed by atoms with Crippen LogP contribution in [0.5, 0.6) is 17.2 Å². The Balaban J connectivity index is 1.18. The Morgan fingerprint density at radius 1 is 1.13 bits per heavy atom. The van der Waals surface area contributed by atoms with Gasteiger partial charge in [-0.15, -0.1) is 0 Å². The lowest BCUT2D eigenvalue weighted by Gasteiger charge is -2.46. The first-order valence-electron chi connectivity index (χ1n) is 16.0. The van der Waals surface area contributed by atoms with Gasteiger partial charge in [0.1, 0.15) is 29.7 Å². The summed E-state index contributed by atoms with van der Waals surface area (Å²) in [7, 11) is 2.12. The number of rotatable bonds is 8. The molecule has 45 heavy (non-hydrogen) atoms. The highest BCUT2D eigenvalue weighted by Crippen LogP contribution is 2.37. The number of aromatic nitrogens is 3. The SMILES string of the molecule is CC(C)N(C(=O)c1cc(F)ccc1Oc1cncnc1N1CCC(Oc2ccnc3c2CN(C)CC3)CC1)[C@@]1(C)CCCOC1. The molecule has 2 fully saturated rings. The van der Waals surface area contributed by atoms with Crippen molar-refractivity contribution in [2.75, 3.05) is 44.8 Å². The highest BCUT2D eigenvalue weighted by atomic mass is 19.1. The van der Waals surface area contributed by atoms with E-state index in [2.05, 4.69) is 31.8 Å². The van der Waals surface area contributed by atoms with Gasteiger partial charge in [0, 0.05) is 75.5 Å². The lowest BCUT2D eigenvalue weighted by atomic mass is 9.90. The molecule has 0 radical (unpaired) electrons. The average Bonchev–Trinajstić information content (AvgIpc) is 3.03. The topological polar surface area (TPSA) is 93.2 Å². The Labute approximate surface area is 264 Å². The molecule has 10 nitrogen and oxygen atoms in total. The summed E-state index contributed by atoms with van der Waals surface area (Å²) < 4.78 is 33.3. The Morgan fingerprint density at radius 2 is 1.96 bits per heavy atom. The number of hydrogen-bond acceptors (Lipinski definition) is 9. The Kier molecular flexibility index (Phi) is 9.18. The molecular formula is C34H43FN6O4. The van der Waals surface area contributed by atoms with Gasteiger partial charge < -0.3 is 28.9 Å². The van der Waals surface area contributed by atoms with E-state index in [1.165, 1.54) is 30.1 Å². The van der Waals surface area contributed by atoms with Gasteiger partial charge in [-0.1, -0.05) is 0 Å². The summed E-state index contributed by atoms with van der Waals surface area (Å²) in [5.41, 5.74) is 1.96. The van der Waals surface area contributed by atoms with E-state index in [1.54, 1.807) is 11.1 Å². The van der Waals surface area contributed by atoms with E-state index in [4.69, 9.17) is 14.2 Å². The molecule has 6 rings (SSSR count). The van der Waals surface area contributed by atoms with Crippen LogP contribution in [0.3, 0.4) is 0 Å². The first-order chi connectivity index (χ1) is 21.7. The molecule has 1 atom stereocenters. The molecular weight excluding hydrogens is 575 g/mol. The monoisotopic (exact) mass is 618 g/mol. The molecule has 2 aromatic heterocycles. The van der Waals surface area contributed by atoms with Crippen LogP contribution in [0.2, 0.25) is 0 Å². The van der Waals surface area contributed by atoms with Gasteiger partial charge in [0.05, 0.1) is 23.9 Å². The van der Waals surface area contributed by atoms with Crippen LogP contribution in [-0.4, -0.2) is 88.2 Å².